The molecular formula is C21H21N5. The van der Waals surface area contributed by atoms with E-state index in [1.807, 2.05) is 18.5 Å². The van der Waals surface area contributed by atoms with Crippen LogP contribution in [0, 0.1) is 0 Å². The average molecular weight is 343 g/mol. The zero-order chi connectivity index (χ0) is 17.4. The van der Waals surface area contributed by atoms with Gasteiger partial charge in [0.15, 0.2) is 0 Å². The lowest BCUT2D eigenvalue weighted by Crippen LogP contribution is -2.41. The fraction of sp³-hybridized carbons (Fsp3) is 0.238. The quantitative estimate of drug-likeness (QED) is 0.532. The van der Waals surface area contributed by atoms with Crippen LogP contribution in [-0.4, -0.2) is 33.3 Å². The first-order valence-corrected chi connectivity index (χ1v) is 9.11. The smallest absolute Gasteiger partial charge is 0.118 e. The number of hydrogen-bond acceptors (Lipinski definition) is 3. The van der Waals surface area contributed by atoms with Gasteiger partial charge >= 0.3 is 0 Å². The minimum Gasteiger partial charge on any atom is -0.341 e. The van der Waals surface area contributed by atoms with Crippen molar-refractivity contribution in [1.82, 2.24) is 25.5 Å². The molecule has 0 bridgehead atoms. The summed E-state index contributed by atoms with van der Waals surface area (Å²) < 4.78 is 0. The van der Waals surface area contributed by atoms with E-state index in [2.05, 4.69) is 63.0 Å². The van der Waals surface area contributed by atoms with Crippen LogP contribution >= 0.6 is 0 Å². The summed E-state index contributed by atoms with van der Waals surface area (Å²) in [6.45, 7) is 2.00. The number of aromatic nitrogens is 4. The van der Waals surface area contributed by atoms with E-state index in [1.54, 1.807) is 0 Å². The number of rotatable bonds is 3. The van der Waals surface area contributed by atoms with Gasteiger partial charge in [-0.3, -0.25) is 5.10 Å². The van der Waals surface area contributed by atoms with Crippen LogP contribution in [0.5, 0.6) is 0 Å². The molecule has 5 heteroatoms. The third kappa shape index (κ3) is 2.44. The lowest BCUT2D eigenvalue weighted by Gasteiger charge is -2.36. The highest BCUT2D eigenvalue weighted by Gasteiger charge is 2.38. The molecule has 1 saturated heterocycles. The molecule has 0 spiro atoms. The van der Waals surface area contributed by atoms with Crippen LogP contribution in [0.25, 0.3) is 22.2 Å². The number of imidazole rings is 1. The van der Waals surface area contributed by atoms with Crippen molar-refractivity contribution in [3.63, 3.8) is 0 Å². The maximum absolute atomic E-state index is 4.96. The third-order valence-electron chi connectivity index (χ3n) is 5.57. The van der Waals surface area contributed by atoms with Crippen molar-refractivity contribution >= 4 is 11.0 Å². The Balaban J connectivity index is 1.60. The van der Waals surface area contributed by atoms with Crippen LogP contribution in [0.1, 0.15) is 24.2 Å². The number of aromatic amines is 2. The highest BCUT2D eigenvalue weighted by atomic mass is 15.1. The van der Waals surface area contributed by atoms with Gasteiger partial charge in [-0.15, -0.1) is 0 Å². The maximum Gasteiger partial charge on any atom is 0.118 e. The maximum atomic E-state index is 4.96. The number of H-pyrrole nitrogens is 2. The van der Waals surface area contributed by atoms with Gasteiger partial charge in [-0.25, -0.2) is 4.98 Å². The normalized spacial score (nSPS) is 16.8. The molecule has 0 unspecified atom stereocenters. The fourth-order valence-corrected chi connectivity index (χ4v) is 4.09. The van der Waals surface area contributed by atoms with Crippen LogP contribution in [0.15, 0.2) is 60.9 Å². The summed E-state index contributed by atoms with van der Waals surface area (Å²) in [5.41, 5.74) is 5.69. The Morgan fingerprint density at radius 1 is 0.885 bits per heavy atom. The minimum atomic E-state index is -0.0702. The van der Waals surface area contributed by atoms with Gasteiger partial charge in [0.05, 0.1) is 22.6 Å². The Kier molecular flexibility index (Phi) is 3.60. The fourth-order valence-electron chi connectivity index (χ4n) is 4.09. The molecule has 2 aromatic heterocycles. The molecule has 26 heavy (non-hydrogen) atoms. The van der Waals surface area contributed by atoms with Gasteiger partial charge in [0, 0.05) is 11.8 Å². The van der Waals surface area contributed by atoms with E-state index >= 15 is 0 Å². The van der Waals surface area contributed by atoms with Crippen LogP contribution in [-0.2, 0) is 5.41 Å². The van der Waals surface area contributed by atoms with Crippen molar-refractivity contribution in [2.24, 2.45) is 0 Å². The topological polar surface area (TPSA) is 69.4 Å². The monoisotopic (exact) mass is 343 g/mol. The molecule has 1 aliphatic rings. The summed E-state index contributed by atoms with van der Waals surface area (Å²) in [7, 11) is 0. The lowest BCUT2D eigenvalue weighted by molar-refractivity contribution is 0.348. The van der Waals surface area contributed by atoms with Gasteiger partial charge in [-0.1, -0.05) is 36.4 Å². The van der Waals surface area contributed by atoms with E-state index in [9.17, 15) is 0 Å². The molecule has 0 radical (unpaired) electrons. The number of para-hydroxylation sites is 2. The molecule has 5 rings (SSSR count). The van der Waals surface area contributed by atoms with Gasteiger partial charge < -0.3 is 10.3 Å². The summed E-state index contributed by atoms with van der Waals surface area (Å²) in [5, 5.41) is 10.4. The minimum absolute atomic E-state index is 0.0702. The number of nitrogens with one attached hydrogen (secondary N) is 3. The lowest BCUT2D eigenvalue weighted by atomic mass is 9.72. The molecule has 0 amide bonds. The molecule has 1 fully saturated rings. The summed E-state index contributed by atoms with van der Waals surface area (Å²) in [6, 6.07) is 17.1. The summed E-state index contributed by atoms with van der Waals surface area (Å²) in [5.74, 6) is 1.08. The first kappa shape index (κ1) is 15.3. The number of hydrogen-bond donors (Lipinski definition) is 3. The first-order valence-electron chi connectivity index (χ1n) is 9.11. The summed E-state index contributed by atoms with van der Waals surface area (Å²) >= 11 is 0. The van der Waals surface area contributed by atoms with Crippen LogP contribution in [0.3, 0.4) is 0 Å². The van der Waals surface area contributed by atoms with Crippen LogP contribution < -0.4 is 5.32 Å². The molecule has 2 aromatic carbocycles. The van der Waals surface area contributed by atoms with E-state index in [4.69, 9.17) is 4.98 Å². The molecule has 1 aliphatic heterocycles. The molecule has 0 aliphatic carbocycles. The van der Waals surface area contributed by atoms with Crippen molar-refractivity contribution in [2.45, 2.75) is 18.3 Å². The van der Waals surface area contributed by atoms with Gasteiger partial charge in [0.25, 0.3) is 0 Å². The zero-order valence-electron chi connectivity index (χ0n) is 14.5. The van der Waals surface area contributed by atoms with Gasteiger partial charge in [-0.2, -0.15) is 5.10 Å². The molecule has 4 aromatic rings. The second-order valence-corrected chi connectivity index (χ2v) is 7.00. The Hall–Kier alpha value is -2.92. The van der Waals surface area contributed by atoms with E-state index in [0.717, 1.165) is 48.4 Å². The van der Waals surface area contributed by atoms with E-state index in [0.29, 0.717) is 0 Å². The van der Waals surface area contributed by atoms with Gasteiger partial charge in [0.2, 0.25) is 0 Å². The second kappa shape index (κ2) is 6.11. The third-order valence-corrected chi connectivity index (χ3v) is 5.57. The number of piperidine rings is 1. The number of nitrogens with zero attached hydrogens (tertiary/aromatic N) is 2. The molecule has 3 N–H and O–H groups in total. The zero-order valence-corrected chi connectivity index (χ0v) is 14.5. The standard InChI is InChI=1S/C21H21N5/c1-2-4-19-18(3-1)25-20(26-19)21(9-11-22-12-10-21)17-7-5-15(6-8-17)16-13-23-24-14-16/h1-8,13-14,22H,9-12H2,(H,23,24)(H,25,26). The largest absolute Gasteiger partial charge is 0.341 e. The highest BCUT2D eigenvalue weighted by Crippen LogP contribution is 2.40. The SMILES string of the molecule is c1ccc2[nH]c(C3(c4ccc(-c5cn[nH]c5)cc4)CCNCC3)nc2c1. The van der Waals surface area contributed by atoms with E-state index in [1.165, 1.54) is 11.1 Å². The Bertz CT molecular complexity index is 975. The van der Waals surface area contributed by atoms with Crippen LogP contribution in [0.2, 0.25) is 0 Å². The second-order valence-electron chi connectivity index (χ2n) is 7.00. The van der Waals surface area contributed by atoms with Crippen molar-refractivity contribution in [1.29, 1.82) is 0 Å². The van der Waals surface area contributed by atoms with Gasteiger partial charge in [0.1, 0.15) is 5.82 Å². The summed E-state index contributed by atoms with van der Waals surface area (Å²) in [6.07, 6.45) is 5.86. The molecule has 0 atom stereocenters. The Morgan fingerprint density at radius 3 is 2.42 bits per heavy atom. The van der Waals surface area contributed by atoms with Crippen molar-refractivity contribution in [2.75, 3.05) is 13.1 Å². The van der Waals surface area contributed by atoms with Crippen molar-refractivity contribution < 1.29 is 0 Å². The van der Waals surface area contributed by atoms with Crippen molar-refractivity contribution in [3.8, 4) is 11.1 Å². The van der Waals surface area contributed by atoms with E-state index in [-0.39, 0.29) is 5.41 Å². The summed E-state index contributed by atoms with van der Waals surface area (Å²) in [4.78, 5) is 8.55. The predicted molar refractivity (Wildman–Crippen MR) is 103 cm³/mol. The highest BCUT2D eigenvalue weighted by molar-refractivity contribution is 5.75. The number of benzene rings is 2. The molecule has 5 nitrogen and oxygen atoms in total. The Morgan fingerprint density at radius 2 is 1.69 bits per heavy atom. The molecule has 130 valence electrons. The van der Waals surface area contributed by atoms with Crippen LogP contribution in [0.4, 0.5) is 0 Å². The average Bonchev–Trinajstić information content (AvgIpc) is 3.39. The Labute approximate surface area is 151 Å². The molecular weight excluding hydrogens is 322 g/mol. The predicted octanol–water partition coefficient (Wildman–Crippen LogP) is 3.62. The van der Waals surface area contributed by atoms with Gasteiger partial charge in [-0.05, 0) is 49.2 Å². The van der Waals surface area contributed by atoms with E-state index < -0.39 is 0 Å². The van der Waals surface area contributed by atoms with Crippen molar-refractivity contribution in [3.05, 3.63) is 72.3 Å². The molecule has 3 heterocycles. The molecule has 0 saturated carbocycles. The number of fused-ring (bicyclic) bond motifs is 1. The first-order chi connectivity index (χ1) is 12.9.